The van der Waals surface area contributed by atoms with E-state index in [2.05, 4.69) is 20.2 Å². The fraction of sp³-hybridized carbons (Fsp3) is 0.636. The fourth-order valence-electron chi connectivity index (χ4n) is 1.67. The van der Waals surface area contributed by atoms with E-state index in [1.807, 2.05) is 19.4 Å². The second kappa shape index (κ2) is 5.77. The normalized spacial score (nSPS) is 16.4. The van der Waals surface area contributed by atoms with Gasteiger partial charge in [0, 0.05) is 25.5 Å². The van der Waals surface area contributed by atoms with Crippen molar-refractivity contribution in [3.8, 4) is 0 Å². The Morgan fingerprint density at radius 2 is 2.00 bits per heavy atom. The first-order chi connectivity index (χ1) is 7.90. The summed E-state index contributed by atoms with van der Waals surface area (Å²) in [6.45, 7) is 4.27. The van der Waals surface area contributed by atoms with Crippen LogP contribution in [-0.4, -0.2) is 49.9 Å². The lowest BCUT2D eigenvalue weighted by atomic mass is 10.2. The summed E-state index contributed by atoms with van der Waals surface area (Å²) in [5, 5.41) is 3.11. The average Bonchev–Trinajstić information content (AvgIpc) is 2.38. The third-order valence-corrected chi connectivity index (χ3v) is 2.65. The highest BCUT2D eigenvalue weighted by atomic mass is 16.5. The smallest absolute Gasteiger partial charge is 0.225 e. The maximum absolute atomic E-state index is 5.29. The lowest BCUT2D eigenvalue weighted by Crippen LogP contribution is -2.37. The van der Waals surface area contributed by atoms with Gasteiger partial charge in [-0.2, -0.15) is 0 Å². The number of ether oxygens (including phenoxy) is 1. The first-order valence-electron chi connectivity index (χ1n) is 5.68. The van der Waals surface area contributed by atoms with Gasteiger partial charge < -0.3 is 15.0 Å². The van der Waals surface area contributed by atoms with E-state index in [9.17, 15) is 0 Å². The van der Waals surface area contributed by atoms with E-state index in [1.54, 1.807) is 0 Å². The van der Waals surface area contributed by atoms with Gasteiger partial charge in [0.1, 0.15) is 0 Å². The van der Waals surface area contributed by atoms with E-state index in [4.69, 9.17) is 4.74 Å². The number of aromatic nitrogens is 2. The van der Waals surface area contributed by atoms with Gasteiger partial charge in [0.2, 0.25) is 5.95 Å². The third-order valence-electron chi connectivity index (χ3n) is 2.65. The number of hydrogen-bond acceptors (Lipinski definition) is 5. The molecule has 0 spiro atoms. The Kier molecular flexibility index (Phi) is 4.07. The zero-order chi connectivity index (χ0) is 11.2. The molecular formula is C11H18N4O. The van der Waals surface area contributed by atoms with E-state index >= 15 is 0 Å². The Morgan fingerprint density at radius 3 is 2.62 bits per heavy atom. The second-order valence-corrected chi connectivity index (χ2v) is 3.84. The van der Waals surface area contributed by atoms with Crippen LogP contribution in [0.2, 0.25) is 0 Å². The molecule has 0 saturated carbocycles. The van der Waals surface area contributed by atoms with Crippen molar-refractivity contribution in [3.63, 3.8) is 0 Å². The molecule has 2 heterocycles. The van der Waals surface area contributed by atoms with E-state index in [1.165, 1.54) is 5.56 Å². The molecule has 88 valence electrons. The van der Waals surface area contributed by atoms with Crippen LogP contribution in [0, 0.1) is 0 Å². The Hall–Kier alpha value is -1.20. The minimum atomic E-state index is 0.769. The van der Waals surface area contributed by atoms with Gasteiger partial charge in [-0.1, -0.05) is 0 Å². The summed E-state index contributed by atoms with van der Waals surface area (Å²) in [5.41, 5.74) is 1.17. The average molecular weight is 222 g/mol. The summed E-state index contributed by atoms with van der Waals surface area (Å²) in [5.74, 6) is 0.816. The number of nitrogens with one attached hydrogen (secondary N) is 1. The third kappa shape index (κ3) is 2.90. The van der Waals surface area contributed by atoms with E-state index in [0.717, 1.165) is 45.2 Å². The molecule has 2 rings (SSSR count). The maximum Gasteiger partial charge on any atom is 0.225 e. The van der Waals surface area contributed by atoms with E-state index in [0.29, 0.717) is 0 Å². The highest BCUT2D eigenvalue weighted by Crippen LogP contribution is 2.09. The summed E-state index contributed by atoms with van der Waals surface area (Å²) in [7, 11) is 1.95. The minimum Gasteiger partial charge on any atom is -0.378 e. The Morgan fingerprint density at radius 1 is 1.31 bits per heavy atom. The summed E-state index contributed by atoms with van der Waals surface area (Å²) in [6, 6.07) is 0. The van der Waals surface area contributed by atoms with Gasteiger partial charge in [-0.25, -0.2) is 9.97 Å². The highest BCUT2D eigenvalue weighted by molar-refractivity contribution is 5.30. The fourth-order valence-corrected chi connectivity index (χ4v) is 1.67. The van der Waals surface area contributed by atoms with Crippen LogP contribution in [0.4, 0.5) is 5.95 Å². The molecule has 5 heteroatoms. The molecule has 0 aromatic carbocycles. The molecule has 1 aromatic rings. The molecule has 1 aromatic heterocycles. The maximum atomic E-state index is 5.29. The number of likely N-dealkylation sites (N-methyl/N-ethyl adjacent to an activating group) is 1. The number of morpholine rings is 1. The zero-order valence-corrected chi connectivity index (χ0v) is 9.65. The van der Waals surface area contributed by atoms with Gasteiger partial charge in [0.15, 0.2) is 0 Å². The number of hydrogen-bond donors (Lipinski definition) is 1. The Bertz CT molecular complexity index is 308. The molecular weight excluding hydrogens is 204 g/mol. The van der Waals surface area contributed by atoms with Crippen LogP contribution in [0.3, 0.4) is 0 Å². The van der Waals surface area contributed by atoms with Crippen LogP contribution in [0.5, 0.6) is 0 Å². The SMILES string of the molecule is CNCCc1cnc(N2CCOCC2)nc1. The molecule has 0 bridgehead atoms. The van der Waals surface area contributed by atoms with Gasteiger partial charge in [0.05, 0.1) is 13.2 Å². The molecule has 1 saturated heterocycles. The first-order valence-corrected chi connectivity index (χ1v) is 5.68. The molecule has 5 nitrogen and oxygen atoms in total. The lowest BCUT2D eigenvalue weighted by molar-refractivity contribution is 0.122. The van der Waals surface area contributed by atoms with Crippen molar-refractivity contribution < 1.29 is 4.74 Å². The van der Waals surface area contributed by atoms with Crippen molar-refractivity contribution in [1.29, 1.82) is 0 Å². The summed E-state index contributed by atoms with van der Waals surface area (Å²) >= 11 is 0. The lowest BCUT2D eigenvalue weighted by Gasteiger charge is -2.26. The second-order valence-electron chi connectivity index (χ2n) is 3.84. The quantitative estimate of drug-likeness (QED) is 0.781. The molecule has 1 aliphatic rings. The zero-order valence-electron chi connectivity index (χ0n) is 9.65. The topological polar surface area (TPSA) is 50.3 Å². The largest absolute Gasteiger partial charge is 0.378 e. The number of anilines is 1. The minimum absolute atomic E-state index is 0.769. The number of nitrogens with zero attached hydrogens (tertiary/aromatic N) is 3. The molecule has 0 amide bonds. The van der Waals surface area contributed by atoms with Crippen LogP contribution in [-0.2, 0) is 11.2 Å². The van der Waals surface area contributed by atoms with Crippen molar-refractivity contribution in [2.45, 2.75) is 6.42 Å². The molecule has 1 aliphatic heterocycles. The molecule has 1 N–H and O–H groups in total. The standard InChI is InChI=1S/C11H18N4O/c1-12-3-2-10-8-13-11(14-9-10)15-4-6-16-7-5-15/h8-9,12H,2-7H2,1H3. The van der Waals surface area contributed by atoms with E-state index in [-0.39, 0.29) is 0 Å². The molecule has 0 atom stereocenters. The van der Waals surface area contributed by atoms with Gasteiger partial charge in [-0.3, -0.25) is 0 Å². The van der Waals surface area contributed by atoms with Crippen molar-refractivity contribution in [2.24, 2.45) is 0 Å². The molecule has 1 fully saturated rings. The van der Waals surface area contributed by atoms with Gasteiger partial charge in [-0.15, -0.1) is 0 Å². The van der Waals surface area contributed by atoms with E-state index < -0.39 is 0 Å². The van der Waals surface area contributed by atoms with Crippen LogP contribution in [0.25, 0.3) is 0 Å². The summed E-state index contributed by atoms with van der Waals surface area (Å²) in [4.78, 5) is 10.9. The van der Waals surface area contributed by atoms with Crippen LogP contribution < -0.4 is 10.2 Å². The van der Waals surface area contributed by atoms with Crippen LogP contribution in [0.1, 0.15) is 5.56 Å². The molecule has 0 radical (unpaired) electrons. The highest BCUT2D eigenvalue weighted by Gasteiger charge is 2.12. The van der Waals surface area contributed by atoms with Crippen molar-refractivity contribution in [1.82, 2.24) is 15.3 Å². The molecule has 16 heavy (non-hydrogen) atoms. The number of rotatable bonds is 4. The monoisotopic (exact) mass is 222 g/mol. The summed E-state index contributed by atoms with van der Waals surface area (Å²) in [6.07, 6.45) is 4.80. The Labute approximate surface area is 95.8 Å². The molecule has 0 aliphatic carbocycles. The Balaban J connectivity index is 1.95. The predicted molar refractivity (Wildman–Crippen MR) is 62.7 cm³/mol. The first kappa shape index (κ1) is 11.3. The van der Waals surface area contributed by atoms with Crippen LogP contribution in [0.15, 0.2) is 12.4 Å². The predicted octanol–water partition coefficient (Wildman–Crippen LogP) is 0.0751. The van der Waals surface area contributed by atoms with Crippen LogP contribution >= 0.6 is 0 Å². The van der Waals surface area contributed by atoms with Crippen molar-refractivity contribution in [2.75, 3.05) is 44.8 Å². The van der Waals surface area contributed by atoms with Gasteiger partial charge in [-0.05, 0) is 25.6 Å². The summed E-state index contributed by atoms with van der Waals surface area (Å²) < 4.78 is 5.29. The van der Waals surface area contributed by atoms with Gasteiger partial charge >= 0.3 is 0 Å². The van der Waals surface area contributed by atoms with Crippen molar-refractivity contribution in [3.05, 3.63) is 18.0 Å². The molecule has 0 unspecified atom stereocenters. The van der Waals surface area contributed by atoms with Crippen molar-refractivity contribution >= 4 is 5.95 Å². The van der Waals surface area contributed by atoms with Gasteiger partial charge in [0.25, 0.3) is 0 Å².